The van der Waals surface area contributed by atoms with Crippen molar-refractivity contribution in [2.45, 2.75) is 23.7 Å². The number of imidazole rings is 1. The Morgan fingerprint density at radius 2 is 1.85 bits per heavy atom. The summed E-state index contributed by atoms with van der Waals surface area (Å²) in [4.78, 5) is 12.1. The maximum atomic E-state index is 4.93. The Balaban J connectivity index is 1.47. The molecule has 2 N–H and O–H groups in total. The average molecular weight is 375 g/mol. The van der Waals surface area contributed by atoms with Crippen molar-refractivity contribution >= 4 is 22.7 Å². The van der Waals surface area contributed by atoms with Crippen LogP contribution in [0.4, 0.5) is 0 Å². The van der Waals surface area contributed by atoms with Gasteiger partial charge in [0.05, 0.1) is 11.8 Å². The van der Waals surface area contributed by atoms with E-state index in [9.17, 15) is 0 Å². The van der Waals surface area contributed by atoms with Crippen LogP contribution in [-0.2, 0) is 18.7 Å². The highest BCUT2D eigenvalue weighted by atomic mass is 32.2. The van der Waals surface area contributed by atoms with E-state index in [-0.39, 0.29) is 0 Å². The SMILES string of the molecule is c1ccc(CSc2nc3ccccc3cc2CNCCc2cnc[nH]2)cc1. The Kier molecular flexibility index (Phi) is 5.82. The van der Waals surface area contributed by atoms with Crippen LogP contribution in [-0.4, -0.2) is 21.5 Å². The zero-order chi connectivity index (χ0) is 18.3. The van der Waals surface area contributed by atoms with Crippen molar-refractivity contribution in [3.05, 3.63) is 90.0 Å². The van der Waals surface area contributed by atoms with Gasteiger partial charge >= 0.3 is 0 Å². The van der Waals surface area contributed by atoms with E-state index < -0.39 is 0 Å². The lowest BCUT2D eigenvalue weighted by atomic mass is 10.1. The molecule has 4 aromatic rings. The van der Waals surface area contributed by atoms with Crippen molar-refractivity contribution in [2.24, 2.45) is 0 Å². The van der Waals surface area contributed by atoms with E-state index in [2.05, 4.69) is 69.9 Å². The van der Waals surface area contributed by atoms with Crippen LogP contribution in [0.25, 0.3) is 10.9 Å². The highest BCUT2D eigenvalue weighted by molar-refractivity contribution is 7.98. The van der Waals surface area contributed by atoms with Crippen LogP contribution in [0, 0.1) is 0 Å². The minimum absolute atomic E-state index is 0.809. The van der Waals surface area contributed by atoms with Crippen LogP contribution in [0.15, 0.2) is 78.2 Å². The van der Waals surface area contributed by atoms with Gasteiger partial charge in [0, 0.05) is 42.5 Å². The Morgan fingerprint density at radius 1 is 1.00 bits per heavy atom. The maximum Gasteiger partial charge on any atom is 0.102 e. The molecule has 0 fully saturated rings. The molecule has 0 aliphatic carbocycles. The van der Waals surface area contributed by atoms with Gasteiger partial charge in [0.15, 0.2) is 0 Å². The Hall–Kier alpha value is -2.63. The number of nitrogens with one attached hydrogen (secondary N) is 2. The third-order valence-corrected chi connectivity index (χ3v) is 5.53. The molecule has 2 aromatic heterocycles. The average Bonchev–Trinajstić information content (AvgIpc) is 3.24. The van der Waals surface area contributed by atoms with E-state index in [1.165, 1.54) is 16.5 Å². The number of hydrogen-bond acceptors (Lipinski definition) is 4. The predicted octanol–water partition coefficient (Wildman–Crippen LogP) is 4.58. The largest absolute Gasteiger partial charge is 0.348 e. The molecule has 4 nitrogen and oxygen atoms in total. The lowest BCUT2D eigenvalue weighted by molar-refractivity contribution is 0.672. The number of rotatable bonds is 8. The van der Waals surface area contributed by atoms with Crippen molar-refractivity contribution in [1.82, 2.24) is 20.3 Å². The summed E-state index contributed by atoms with van der Waals surface area (Å²) in [6, 6.07) is 21.1. The third kappa shape index (κ3) is 4.76. The van der Waals surface area contributed by atoms with Gasteiger partial charge in [-0.05, 0) is 23.3 Å². The number of fused-ring (bicyclic) bond motifs is 1. The molecule has 5 heteroatoms. The number of para-hydroxylation sites is 1. The van der Waals surface area contributed by atoms with Gasteiger partial charge in [-0.3, -0.25) is 0 Å². The van der Waals surface area contributed by atoms with Crippen molar-refractivity contribution in [1.29, 1.82) is 0 Å². The highest BCUT2D eigenvalue weighted by Gasteiger charge is 2.08. The number of benzene rings is 2. The summed E-state index contributed by atoms with van der Waals surface area (Å²) in [5, 5.41) is 5.83. The van der Waals surface area contributed by atoms with Crippen LogP contribution in [0.1, 0.15) is 16.8 Å². The van der Waals surface area contributed by atoms with Gasteiger partial charge < -0.3 is 10.3 Å². The molecule has 2 heterocycles. The standard InChI is InChI=1S/C22H22N4S/c1-2-6-17(7-3-1)15-27-22-19(12-18-8-4-5-9-21(18)26-22)13-23-11-10-20-14-24-16-25-20/h1-9,12,14,16,23H,10-11,13,15H2,(H,24,25). The van der Waals surface area contributed by atoms with Crippen molar-refractivity contribution in [3.8, 4) is 0 Å². The molecule has 0 radical (unpaired) electrons. The van der Waals surface area contributed by atoms with Gasteiger partial charge in [-0.1, -0.05) is 48.5 Å². The van der Waals surface area contributed by atoms with Gasteiger partial charge in [0.1, 0.15) is 5.03 Å². The molecule has 2 aromatic carbocycles. The molecule has 0 spiro atoms. The second kappa shape index (κ2) is 8.84. The molecule has 0 unspecified atom stereocenters. The summed E-state index contributed by atoms with van der Waals surface area (Å²) in [5.41, 5.74) is 4.77. The van der Waals surface area contributed by atoms with Crippen LogP contribution >= 0.6 is 11.8 Å². The fourth-order valence-corrected chi connectivity index (χ4v) is 3.96. The van der Waals surface area contributed by atoms with Crippen LogP contribution in [0.5, 0.6) is 0 Å². The number of hydrogen-bond donors (Lipinski definition) is 2. The fourth-order valence-electron chi connectivity index (χ4n) is 2.99. The van der Waals surface area contributed by atoms with E-state index in [0.717, 1.165) is 41.5 Å². The first-order valence-electron chi connectivity index (χ1n) is 9.12. The van der Waals surface area contributed by atoms with Crippen molar-refractivity contribution in [2.75, 3.05) is 6.54 Å². The quantitative estimate of drug-likeness (QED) is 0.350. The molecule has 0 amide bonds. The lowest BCUT2D eigenvalue weighted by Crippen LogP contribution is -2.17. The van der Waals surface area contributed by atoms with Crippen molar-refractivity contribution in [3.63, 3.8) is 0 Å². The topological polar surface area (TPSA) is 53.6 Å². The molecule has 0 aliphatic heterocycles. The van der Waals surface area contributed by atoms with Gasteiger partial charge in [0.2, 0.25) is 0 Å². The Morgan fingerprint density at radius 3 is 2.70 bits per heavy atom. The second-order valence-electron chi connectivity index (χ2n) is 6.42. The molecule has 0 aliphatic rings. The molecular weight excluding hydrogens is 352 g/mol. The second-order valence-corrected chi connectivity index (χ2v) is 7.39. The maximum absolute atomic E-state index is 4.93. The van der Waals surface area contributed by atoms with Gasteiger partial charge in [0.25, 0.3) is 0 Å². The predicted molar refractivity (Wildman–Crippen MR) is 112 cm³/mol. The van der Waals surface area contributed by atoms with E-state index in [0.29, 0.717) is 0 Å². The Labute approximate surface area is 163 Å². The summed E-state index contributed by atoms with van der Waals surface area (Å²) in [6.07, 6.45) is 4.54. The normalized spacial score (nSPS) is 11.1. The number of aromatic amines is 1. The highest BCUT2D eigenvalue weighted by Crippen LogP contribution is 2.27. The fraction of sp³-hybridized carbons (Fsp3) is 0.182. The van der Waals surface area contributed by atoms with E-state index in [1.54, 1.807) is 18.1 Å². The first-order chi connectivity index (χ1) is 13.4. The number of aromatic nitrogens is 3. The molecule has 0 bridgehead atoms. The third-order valence-electron chi connectivity index (χ3n) is 4.42. The van der Waals surface area contributed by atoms with Crippen LogP contribution in [0.2, 0.25) is 0 Å². The number of nitrogens with zero attached hydrogens (tertiary/aromatic N) is 2. The summed E-state index contributed by atoms with van der Waals surface area (Å²) in [7, 11) is 0. The molecule has 0 saturated carbocycles. The van der Waals surface area contributed by atoms with E-state index >= 15 is 0 Å². The summed E-state index contributed by atoms with van der Waals surface area (Å²) in [6.45, 7) is 1.71. The first-order valence-corrected chi connectivity index (χ1v) is 10.1. The molecule has 4 rings (SSSR count). The minimum atomic E-state index is 0.809. The summed E-state index contributed by atoms with van der Waals surface area (Å²) < 4.78 is 0. The molecule has 0 atom stereocenters. The van der Waals surface area contributed by atoms with E-state index in [1.807, 2.05) is 12.3 Å². The van der Waals surface area contributed by atoms with Gasteiger partial charge in [-0.25, -0.2) is 9.97 Å². The van der Waals surface area contributed by atoms with Gasteiger partial charge in [-0.15, -0.1) is 11.8 Å². The van der Waals surface area contributed by atoms with E-state index in [4.69, 9.17) is 4.98 Å². The van der Waals surface area contributed by atoms with Gasteiger partial charge in [-0.2, -0.15) is 0 Å². The number of thioether (sulfide) groups is 1. The number of H-pyrrole nitrogens is 1. The lowest BCUT2D eigenvalue weighted by Gasteiger charge is -2.11. The molecule has 136 valence electrons. The van der Waals surface area contributed by atoms with Crippen LogP contribution < -0.4 is 5.32 Å². The molecule has 0 saturated heterocycles. The summed E-state index contributed by atoms with van der Waals surface area (Å²) in [5.74, 6) is 0.924. The zero-order valence-electron chi connectivity index (χ0n) is 15.1. The van der Waals surface area contributed by atoms with Crippen LogP contribution in [0.3, 0.4) is 0 Å². The minimum Gasteiger partial charge on any atom is -0.348 e. The molecular formula is C22H22N4S. The monoisotopic (exact) mass is 374 g/mol. The van der Waals surface area contributed by atoms with Crippen molar-refractivity contribution < 1.29 is 0 Å². The number of pyridine rings is 1. The summed E-state index contributed by atoms with van der Waals surface area (Å²) >= 11 is 1.80. The zero-order valence-corrected chi connectivity index (χ0v) is 15.9. The Bertz CT molecular complexity index is 984. The molecule has 27 heavy (non-hydrogen) atoms. The first kappa shape index (κ1) is 17.8. The smallest absolute Gasteiger partial charge is 0.102 e.